The molecule has 0 radical (unpaired) electrons. The van der Waals surface area contributed by atoms with Gasteiger partial charge in [-0.2, -0.15) is 0 Å². The number of amides is 3. The van der Waals surface area contributed by atoms with Gasteiger partial charge in [0.25, 0.3) is 0 Å². The molecule has 6 rings (SSSR count). The molecule has 87 heavy (non-hydrogen) atoms. The summed E-state index contributed by atoms with van der Waals surface area (Å²) in [5.41, 5.74) is 9.39. The molecule has 0 spiro atoms. The average molecular weight is 1220 g/mol. The molecular formula is C66H105N7O14. The number of ether oxygens (including phenoxy) is 7. The number of aromatic nitrogens is 2. The van der Waals surface area contributed by atoms with Crippen LogP contribution in [0.3, 0.4) is 0 Å². The summed E-state index contributed by atoms with van der Waals surface area (Å²) in [6, 6.07) is -1.53. The number of nitrogens with one attached hydrogen (secondary N) is 1. The van der Waals surface area contributed by atoms with E-state index in [1.165, 1.54) is 7.11 Å². The summed E-state index contributed by atoms with van der Waals surface area (Å²) in [4.78, 5) is 83.4. The Morgan fingerprint density at radius 1 is 0.828 bits per heavy atom. The van der Waals surface area contributed by atoms with Crippen LogP contribution in [0.2, 0.25) is 0 Å². The van der Waals surface area contributed by atoms with Crippen molar-refractivity contribution in [1.29, 1.82) is 0 Å². The van der Waals surface area contributed by atoms with Gasteiger partial charge in [0.15, 0.2) is 11.6 Å². The molecule has 1 aromatic rings. The number of Topliss-reactive ketones (excluding diaryl/α,β-unsaturated/α-hetero) is 1. The zero-order chi connectivity index (χ0) is 63.2. The number of piperazine rings is 1. The molecule has 21 nitrogen and oxygen atoms in total. The molecule has 3 saturated heterocycles. The molecule has 21 heteroatoms. The fourth-order valence-electron chi connectivity index (χ4n) is 13.0. The molecule has 5 aliphatic rings. The quantitative estimate of drug-likeness (QED) is 0.0744. The molecular weight excluding hydrogens is 1110 g/mol. The minimum Gasteiger partial charge on any atom is -0.459 e. The first-order chi connectivity index (χ1) is 41.7. The molecule has 15 atom stereocenters. The Kier molecular flexibility index (Phi) is 28.8. The van der Waals surface area contributed by atoms with E-state index < -0.39 is 66.4 Å². The number of carbonyl (C=O) groups is 5. The van der Waals surface area contributed by atoms with Crippen molar-refractivity contribution in [3.63, 3.8) is 0 Å². The van der Waals surface area contributed by atoms with E-state index in [-0.39, 0.29) is 66.4 Å². The van der Waals surface area contributed by atoms with Crippen LogP contribution in [0.4, 0.5) is 10.7 Å². The van der Waals surface area contributed by atoms with Gasteiger partial charge in [-0.25, -0.2) is 19.6 Å². The maximum absolute atomic E-state index is 14.7. The number of hydrogen-bond donors (Lipinski definition) is 4. The highest BCUT2D eigenvalue weighted by molar-refractivity contribution is 5.86. The SMILES string of the molecule is CCCOCCC(=O)N1CCN(c2ncc(CNC(=O)O[C@@H]3CC[C@@H](C[C@@H](N)[C@@H]4CC[C@H](C)/C=C(\C)[C@@H](O)[C@@H](OC)C(=O)[C@H](C)C[C@H](C)/C=C/C=C/C=C(\C)[C@@H](OC)C[C@@H]5CC[C@@H](C)[C@](O)(CC(=O)N6CCCC[C@H]6C(=O)O4)O5)C[C@H]3OC)cn2)CC1. The molecule has 488 valence electrons. The summed E-state index contributed by atoms with van der Waals surface area (Å²) in [6.07, 6.45) is 17.9. The predicted molar refractivity (Wildman–Crippen MR) is 331 cm³/mol. The predicted octanol–water partition coefficient (Wildman–Crippen LogP) is 7.70. The smallest absolute Gasteiger partial charge is 0.407 e. The van der Waals surface area contributed by atoms with E-state index >= 15 is 0 Å². The summed E-state index contributed by atoms with van der Waals surface area (Å²) in [5.74, 6) is -3.06. The Hall–Kier alpha value is -5.13. The number of rotatable bonds is 15. The van der Waals surface area contributed by atoms with Crippen LogP contribution < -0.4 is 16.0 Å². The Bertz CT molecular complexity index is 2470. The zero-order valence-electron chi connectivity index (χ0n) is 53.8. The molecule has 0 unspecified atom stereocenters. The van der Waals surface area contributed by atoms with E-state index in [0.717, 1.165) is 12.0 Å². The molecule has 1 saturated carbocycles. The standard InChI is InChI=1S/C66H105N7O14/c1-11-32-84-33-26-58(74)71-28-30-72(31-29-71)64-68-40-50(41-69-64)42-70-65(79)86-55-25-22-49(37-57(55)82-9)36-52(67)54-24-20-44(3)35-47(6)61(77)62(83-10)60(76)46(5)34-43(2)17-13-12-14-18-45(4)56(81-8)38-51-23-21-48(7)66(80,87-51)39-59(75)73-27-16-15-19-53(73)63(78)85-54/h12-14,17-18,35,40-41,43-44,46,48-49,51-57,61-62,77,80H,11,15-16,19-34,36-39,42,67H2,1-10H3,(H,70,79)/b14-12+,17-13+,45-18+,47-35+/t43-,44+,46-,48-,49+,51+,52-,53+,54+,55-,56+,57-,61-,62+,66+/m1/s1. The van der Waals surface area contributed by atoms with Crippen molar-refractivity contribution in [1.82, 2.24) is 25.1 Å². The van der Waals surface area contributed by atoms with Gasteiger partial charge in [-0.3, -0.25) is 14.4 Å². The number of aliphatic hydroxyl groups excluding tert-OH is 1. The highest BCUT2D eigenvalue weighted by atomic mass is 16.6. The molecule has 4 aliphatic heterocycles. The average Bonchev–Trinajstić information content (AvgIpc) is 1.67. The Labute approximate surface area is 517 Å². The summed E-state index contributed by atoms with van der Waals surface area (Å²) in [6.45, 7) is 17.5. The molecule has 3 amide bonds. The number of carbonyl (C=O) groups excluding carboxylic acids is 5. The monoisotopic (exact) mass is 1220 g/mol. The lowest BCUT2D eigenvalue weighted by molar-refractivity contribution is -0.284. The first-order valence-electron chi connectivity index (χ1n) is 32.2. The Morgan fingerprint density at radius 2 is 1.57 bits per heavy atom. The number of cyclic esters (lactones) is 1. The second-order valence-electron chi connectivity index (χ2n) is 25.3. The van der Waals surface area contributed by atoms with Gasteiger partial charge in [0.05, 0.1) is 37.8 Å². The topological polar surface area (TPSA) is 264 Å². The fraction of sp³-hybridized carbons (Fsp3) is 0.742. The first-order valence-corrected chi connectivity index (χ1v) is 32.2. The van der Waals surface area contributed by atoms with Crippen LogP contribution in [-0.4, -0.2) is 188 Å². The number of allylic oxidation sites excluding steroid dienone is 6. The van der Waals surface area contributed by atoms with E-state index in [1.54, 1.807) is 38.4 Å². The van der Waals surface area contributed by atoms with Crippen LogP contribution in [0.15, 0.2) is 60.0 Å². The van der Waals surface area contributed by atoms with Crippen molar-refractivity contribution in [2.75, 3.05) is 72.2 Å². The summed E-state index contributed by atoms with van der Waals surface area (Å²) < 4.78 is 41.9. The van der Waals surface area contributed by atoms with E-state index in [2.05, 4.69) is 15.3 Å². The molecule has 0 aromatic carbocycles. The maximum atomic E-state index is 14.7. The van der Waals surface area contributed by atoms with Gasteiger partial charge in [-0.05, 0) is 126 Å². The number of anilines is 1. The fourth-order valence-corrected chi connectivity index (χ4v) is 13.0. The number of fused-ring (bicyclic) bond motifs is 3. The lowest BCUT2D eigenvalue weighted by atomic mass is 9.80. The third-order valence-electron chi connectivity index (χ3n) is 18.4. The third-order valence-corrected chi connectivity index (χ3v) is 18.4. The molecule has 5 heterocycles. The van der Waals surface area contributed by atoms with Gasteiger partial charge in [0.1, 0.15) is 30.5 Å². The van der Waals surface area contributed by atoms with Crippen molar-refractivity contribution in [2.24, 2.45) is 35.3 Å². The zero-order valence-corrected chi connectivity index (χ0v) is 53.8. The minimum atomic E-state index is -1.76. The third kappa shape index (κ3) is 21.2. The number of piperidine rings is 1. The number of methoxy groups -OCH3 is 3. The van der Waals surface area contributed by atoms with Gasteiger partial charge in [0, 0.05) is 109 Å². The van der Waals surface area contributed by atoms with Crippen LogP contribution in [0.5, 0.6) is 0 Å². The molecule has 4 fully saturated rings. The van der Waals surface area contributed by atoms with Crippen molar-refractivity contribution in [2.45, 2.75) is 218 Å². The van der Waals surface area contributed by atoms with Crippen LogP contribution in [-0.2, 0) is 58.9 Å². The van der Waals surface area contributed by atoms with E-state index in [9.17, 15) is 34.2 Å². The number of aliphatic hydroxyl groups is 2. The van der Waals surface area contributed by atoms with Gasteiger partial charge < -0.3 is 69.1 Å². The summed E-state index contributed by atoms with van der Waals surface area (Å²) >= 11 is 0. The lowest BCUT2D eigenvalue weighted by Gasteiger charge is -2.44. The van der Waals surface area contributed by atoms with E-state index in [1.807, 2.05) is 87.8 Å². The second kappa shape index (κ2) is 35.3. The molecule has 1 aliphatic carbocycles. The van der Waals surface area contributed by atoms with Crippen LogP contribution in [0, 0.1) is 29.6 Å². The minimum absolute atomic E-state index is 0.0239. The van der Waals surface area contributed by atoms with Crippen LogP contribution >= 0.6 is 0 Å². The van der Waals surface area contributed by atoms with Gasteiger partial charge in [-0.1, -0.05) is 71.1 Å². The lowest BCUT2D eigenvalue weighted by Crippen LogP contribution is -2.55. The van der Waals surface area contributed by atoms with Gasteiger partial charge in [0.2, 0.25) is 17.8 Å². The number of ketones is 1. The van der Waals surface area contributed by atoms with Crippen LogP contribution in [0.1, 0.15) is 157 Å². The summed E-state index contributed by atoms with van der Waals surface area (Å²) in [5, 5.41) is 26.6. The molecule has 5 N–H and O–H groups in total. The highest BCUT2D eigenvalue weighted by Crippen LogP contribution is 2.39. The first kappa shape index (κ1) is 71.0. The van der Waals surface area contributed by atoms with Crippen LogP contribution in [0.25, 0.3) is 0 Å². The number of nitrogens with two attached hydrogens (primary N) is 1. The second-order valence-corrected chi connectivity index (χ2v) is 25.3. The Morgan fingerprint density at radius 3 is 2.28 bits per heavy atom. The van der Waals surface area contributed by atoms with Crippen molar-refractivity contribution >= 4 is 35.6 Å². The van der Waals surface area contributed by atoms with Gasteiger partial charge >= 0.3 is 12.1 Å². The summed E-state index contributed by atoms with van der Waals surface area (Å²) in [7, 11) is 4.67. The van der Waals surface area contributed by atoms with Crippen molar-refractivity contribution < 1.29 is 67.3 Å². The largest absolute Gasteiger partial charge is 0.459 e. The number of esters is 1. The normalized spacial score (nSPS) is 34.1. The molecule has 2 bridgehead atoms. The number of nitrogens with zero attached hydrogens (tertiary/aromatic N) is 5. The van der Waals surface area contributed by atoms with Gasteiger partial charge in [-0.15, -0.1) is 0 Å². The van der Waals surface area contributed by atoms with E-state index in [4.69, 9.17) is 38.9 Å². The van der Waals surface area contributed by atoms with Crippen molar-refractivity contribution in [3.05, 3.63) is 65.6 Å². The molecule has 1 aromatic heterocycles. The number of alkyl carbamates (subject to hydrolysis) is 1. The maximum Gasteiger partial charge on any atom is 0.407 e. The number of hydrogen-bond acceptors (Lipinski definition) is 18. The van der Waals surface area contributed by atoms with Crippen molar-refractivity contribution in [3.8, 4) is 0 Å². The highest BCUT2D eigenvalue weighted by Gasteiger charge is 2.47. The van der Waals surface area contributed by atoms with E-state index in [0.29, 0.717) is 153 Å². The Balaban J connectivity index is 1.12.